The first kappa shape index (κ1) is 16.1. The Morgan fingerprint density at radius 1 is 1.05 bits per heavy atom. The van der Waals surface area contributed by atoms with Gasteiger partial charge in [-0.3, -0.25) is 0 Å². The van der Waals surface area contributed by atoms with Gasteiger partial charge in [-0.1, -0.05) is 19.1 Å². The first-order chi connectivity index (χ1) is 10.2. The van der Waals surface area contributed by atoms with Crippen molar-refractivity contribution in [2.24, 2.45) is 0 Å². The molecule has 0 spiro atoms. The maximum Gasteiger partial charge on any atom is 0.129 e. The normalized spacial score (nSPS) is 10.4. The van der Waals surface area contributed by atoms with Crippen molar-refractivity contribution >= 4 is 22.6 Å². The van der Waals surface area contributed by atoms with Crippen LogP contribution in [-0.4, -0.2) is 11.7 Å². The Balaban J connectivity index is 2.07. The molecule has 0 amide bonds. The van der Waals surface area contributed by atoms with Gasteiger partial charge in [-0.05, 0) is 58.8 Å². The number of rotatable bonds is 7. The van der Waals surface area contributed by atoms with Gasteiger partial charge >= 0.3 is 0 Å². The minimum absolute atomic E-state index is 0.0456. The number of benzene rings is 2. The lowest BCUT2D eigenvalue weighted by Crippen LogP contribution is -2.01. The van der Waals surface area contributed by atoms with Crippen molar-refractivity contribution in [3.8, 4) is 11.5 Å². The predicted octanol–water partition coefficient (Wildman–Crippen LogP) is 4.15. The third-order valence-electron chi connectivity index (χ3n) is 2.99. The van der Waals surface area contributed by atoms with Crippen molar-refractivity contribution in [1.82, 2.24) is 0 Å². The van der Waals surface area contributed by atoms with Crippen LogP contribution < -0.4 is 9.47 Å². The van der Waals surface area contributed by atoms with Gasteiger partial charge in [0.25, 0.3) is 0 Å². The molecule has 2 aromatic rings. The highest BCUT2D eigenvalue weighted by molar-refractivity contribution is 14.1. The van der Waals surface area contributed by atoms with Gasteiger partial charge in [-0.15, -0.1) is 0 Å². The zero-order chi connectivity index (χ0) is 15.1. The molecule has 2 aromatic carbocycles. The third kappa shape index (κ3) is 4.89. The molecule has 112 valence electrons. The first-order valence-electron chi connectivity index (χ1n) is 6.96. The highest BCUT2D eigenvalue weighted by Gasteiger charge is 2.06. The van der Waals surface area contributed by atoms with Crippen molar-refractivity contribution in [2.75, 3.05) is 6.61 Å². The lowest BCUT2D eigenvalue weighted by atomic mass is 10.2. The Morgan fingerprint density at radius 2 is 1.81 bits per heavy atom. The van der Waals surface area contributed by atoms with Crippen molar-refractivity contribution < 1.29 is 14.6 Å². The van der Waals surface area contributed by atoms with Crippen molar-refractivity contribution in [2.45, 2.75) is 26.6 Å². The highest BCUT2D eigenvalue weighted by atomic mass is 127. The fraction of sp³-hybridized carbons (Fsp3) is 0.294. The van der Waals surface area contributed by atoms with E-state index in [0.29, 0.717) is 19.0 Å². The molecule has 0 aliphatic heterocycles. The number of hydrogen-bond donors (Lipinski definition) is 1. The average Bonchev–Trinajstić information content (AvgIpc) is 2.52. The largest absolute Gasteiger partial charge is 0.493 e. The Bertz CT molecular complexity index is 567. The van der Waals surface area contributed by atoms with E-state index in [9.17, 15) is 5.11 Å². The molecule has 0 aliphatic rings. The van der Waals surface area contributed by atoms with Crippen molar-refractivity contribution in [3.05, 3.63) is 57.2 Å². The Morgan fingerprint density at radius 3 is 2.48 bits per heavy atom. The van der Waals surface area contributed by atoms with E-state index in [1.54, 1.807) is 0 Å². The van der Waals surface area contributed by atoms with Crippen LogP contribution in [-0.2, 0) is 13.2 Å². The predicted molar refractivity (Wildman–Crippen MR) is 91.6 cm³/mol. The molecule has 0 bridgehead atoms. The smallest absolute Gasteiger partial charge is 0.129 e. The van der Waals surface area contributed by atoms with Crippen LogP contribution in [0.5, 0.6) is 11.5 Å². The number of hydrogen-bond acceptors (Lipinski definition) is 3. The number of halogens is 1. The molecule has 3 nitrogen and oxygen atoms in total. The first-order valence-corrected chi connectivity index (χ1v) is 8.04. The summed E-state index contributed by atoms with van der Waals surface area (Å²) in [5, 5.41) is 9.40. The third-order valence-corrected chi connectivity index (χ3v) is 3.71. The molecule has 2 rings (SSSR count). The Labute approximate surface area is 139 Å². The van der Waals surface area contributed by atoms with Crippen LogP contribution in [0.1, 0.15) is 24.5 Å². The van der Waals surface area contributed by atoms with Crippen molar-refractivity contribution in [3.63, 3.8) is 0 Å². The lowest BCUT2D eigenvalue weighted by Gasteiger charge is -2.13. The van der Waals surface area contributed by atoms with E-state index in [1.165, 1.54) is 3.57 Å². The quantitative estimate of drug-likeness (QED) is 0.713. The Hall–Kier alpha value is -1.27. The minimum Gasteiger partial charge on any atom is -0.493 e. The maximum atomic E-state index is 9.40. The molecule has 0 unspecified atom stereocenters. The molecule has 0 heterocycles. The van der Waals surface area contributed by atoms with Gasteiger partial charge in [-0.2, -0.15) is 0 Å². The molecule has 0 fully saturated rings. The van der Waals surface area contributed by atoms with Crippen LogP contribution in [0.4, 0.5) is 0 Å². The van der Waals surface area contributed by atoms with E-state index in [2.05, 4.69) is 29.5 Å². The second-order valence-corrected chi connectivity index (χ2v) is 5.94. The summed E-state index contributed by atoms with van der Waals surface area (Å²) in [6.07, 6.45) is 0.959. The van der Waals surface area contributed by atoms with E-state index >= 15 is 0 Å². The molecule has 4 heteroatoms. The summed E-state index contributed by atoms with van der Waals surface area (Å²) in [7, 11) is 0. The fourth-order valence-corrected chi connectivity index (χ4v) is 2.21. The second kappa shape index (κ2) is 8.24. The molecule has 0 radical (unpaired) electrons. The minimum atomic E-state index is -0.0456. The summed E-state index contributed by atoms with van der Waals surface area (Å²) in [5.74, 6) is 1.44. The summed E-state index contributed by atoms with van der Waals surface area (Å²) in [5.41, 5.74) is 1.86. The number of ether oxygens (including phenoxy) is 2. The lowest BCUT2D eigenvalue weighted by molar-refractivity contribution is 0.256. The summed E-state index contributed by atoms with van der Waals surface area (Å²) in [6.45, 7) is 3.17. The summed E-state index contributed by atoms with van der Waals surface area (Å²) >= 11 is 2.27. The number of aliphatic hydroxyl groups is 1. The molecule has 1 N–H and O–H groups in total. The van der Waals surface area contributed by atoms with E-state index in [1.807, 2.05) is 42.5 Å². The zero-order valence-electron chi connectivity index (χ0n) is 12.0. The summed E-state index contributed by atoms with van der Waals surface area (Å²) in [6, 6.07) is 13.7. The van der Waals surface area contributed by atoms with Gasteiger partial charge in [0.1, 0.15) is 18.1 Å². The maximum absolute atomic E-state index is 9.40. The standard InChI is InChI=1S/C17H19IO3/c1-2-9-20-16-8-5-14(11-19)17(10-16)21-12-13-3-6-15(18)7-4-13/h3-8,10,19H,2,9,11-12H2,1H3. The molecular weight excluding hydrogens is 379 g/mol. The molecule has 0 atom stereocenters. The Kier molecular flexibility index (Phi) is 6.32. The molecule has 0 aliphatic carbocycles. The molecule has 21 heavy (non-hydrogen) atoms. The highest BCUT2D eigenvalue weighted by Crippen LogP contribution is 2.26. The van der Waals surface area contributed by atoms with Gasteiger partial charge in [0, 0.05) is 15.2 Å². The monoisotopic (exact) mass is 398 g/mol. The zero-order valence-corrected chi connectivity index (χ0v) is 14.2. The topological polar surface area (TPSA) is 38.7 Å². The van der Waals surface area contributed by atoms with Gasteiger partial charge in [-0.25, -0.2) is 0 Å². The summed E-state index contributed by atoms with van der Waals surface area (Å²) < 4.78 is 12.6. The fourth-order valence-electron chi connectivity index (χ4n) is 1.85. The SMILES string of the molecule is CCCOc1ccc(CO)c(OCc2ccc(I)cc2)c1. The summed E-state index contributed by atoms with van der Waals surface area (Å²) in [4.78, 5) is 0. The van der Waals surface area contributed by atoms with Gasteiger partial charge in [0.05, 0.1) is 13.2 Å². The van der Waals surface area contributed by atoms with Crippen LogP contribution >= 0.6 is 22.6 Å². The van der Waals surface area contributed by atoms with Gasteiger partial charge in [0.15, 0.2) is 0 Å². The number of aliphatic hydroxyl groups excluding tert-OH is 1. The molecule has 0 saturated heterocycles. The average molecular weight is 398 g/mol. The van der Waals surface area contributed by atoms with Crippen LogP contribution in [0.15, 0.2) is 42.5 Å². The second-order valence-electron chi connectivity index (χ2n) is 4.69. The van der Waals surface area contributed by atoms with Crippen LogP contribution in [0, 0.1) is 3.57 Å². The van der Waals surface area contributed by atoms with Crippen LogP contribution in [0.3, 0.4) is 0 Å². The van der Waals surface area contributed by atoms with Crippen LogP contribution in [0.25, 0.3) is 0 Å². The molecule has 0 saturated carbocycles. The van der Waals surface area contributed by atoms with E-state index in [4.69, 9.17) is 9.47 Å². The van der Waals surface area contributed by atoms with Gasteiger partial charge < -0.3 is 14.6 Å². The van der Waals surface area contributed by atoms with Crippen LogP contribution in [0.2, 0.25) is 0 Å². The van der Waals surface area contributed by atoms with E-state index in [0.717, 1.165) is 23.3 Å². The molecular formula is C17H19IO3. The van der Waals surface area contributed by atoms with E-state index < -0.39 is 0 Å². The molecule has 0 aromatic heterocycles. The van der Waals surface area contributed by atoms with Crippen molar-refractivity contribution in [1.29, 1.82) is 0 Å². The van der Waals surface area contributed by atoms with Gasteiger partial charge in [0.2, 0.25) is 0 Å². The van der Waals surface area contributed by atoms with E-state index in [-0.39, 0.29) is 6.61 Å².